The fourth-order valence-electron chi connectivity index (χ4n) is 5.31. The number of piperidine rings is 1. The lowest BCUT2D eigenvalue weighted by Gasteiger charge is -2.58. The topological polar surface area (TPSA) is 83.0 Å². The Bertz CT molecular complexity index is 638. The number of nitrogens with one attached hydrogen (secondary N) is 2. The minimum Gasteiger partial charge on any atom is -0.378 e. The van der Waals surface area contributed by atoms with E-state index in [4.69, 9.17) is 4.74 Å². The summed E-state index contributed by atoms with van der Waals surface area (Å²) in [5, 5.41) is 7.17. The molecule has 3 rings (SSSR count). The zero-order valence-corrected chi connectivity index (χ0v) is 18.6. The third kappa shape index (κ3) is 4.82. The summed E-state index contributed by atoms with van der Waals surface area (Å²) < 4.78 is 31.0. The van der Waals surface area contributed by atoms with Crippen molar-refractivity contribution in [1.29, 1.82) is 0 Å². The molecule has 3 fully saturated rings. The molecule has 0 radical (unpaired) electrons. The first-order valence-electron chi connectivity index (χ1n) is 10.9. The molecule has 162 valence electrons. The second kappa shape index (κ2) is 9.30. The largest absolute Gasteiger partial charge is 0.378 e. The molecule has 1 saturated heterocycles. The molecule has 2 atom stereocenters. The minimum absolute atomic E-state index is 0.271. The number of rotatable bonds is 6. The summed E-state index contributed by atoms with van der Waals surface area (Å²) in [6.07, 6.45) is 11.0. The van der Waals surface area contributed by atoms with Crippen LogP contribution in [-0.2, 0) is 14.8 Å². The molecular weight excluding hydrogens is 376 g/mol. The smallest absolute Gasteiger partial charge is 0.211 e. The molecule has 28 heavy (non-hydrogen) atoms. The number of sulfonamides is 1. The highest BCUT2D eigenvalue weighted by Gasteiger charge is 2.55. The van der Waals surface area contributed by atoms with Crippen molar-refractivity contribution in [2.45, 2.75) is 70.4 Å². The Morgan fingerprint density at radius 3 is 2.46 bits per heavy atom. The average Bonchev–Trinajstić information content (AvgIpc) is 2.70. The highest BCUT2D eigenvalue weighted by Crippen LogP contribution is 2.53. The van der Waals surface area contributed by atoms with Gasteiger partial charge in [-0.3, -0.25) is 4.99 Å². The summed E-state index contributed by atoms with van der Waals surface area (Å²) in [4.78, 5) is 4.44. The van der Waals surface area contributed by atoms with Gasteiger partial charge in [-0.1, -0.05) is 19.3 Å². The van der Waals surface area contributed by atoms with Crippen molar-refractivity contribution in [1.82, 2.24) is 14.9 Å². The van der Waals surface area contributed by atoms with E-state index in [0.717, 1.165) is 38.4 Å². The quantitative estimate of drug-likeness (QED) is 0.513. The number of hydrogen-bond acceptors (Lipinski definition) is 4. The maximum Gasteiger partial charge on any atom is 0.211 e. The monoisotopic (exact) mass is 414 g/mol. The summed E-state index contributed by atoms with van der Waals surface area (Å²) in [6.45, 7) is 4.97. The third-order valence-corrected chi connectivity index (χ3v) is 8.38. The first-order chi connectivity index (χ1) is 13.4. The van der Waals surface area contributed by atoms with Gasteiger partial charge in [0, 0.05) is 44.7 Å². The minimum atomic E-state index is -3.06. The SMILES string of the molecule is CCOC1CC(NC(=NC)NCC2CCN(S(C)(=O)=O)CC2)C12CCCCC2. The van der Waals surface area contributed by atoms with E-state index in [1.54, 1.807) is 4.31 Å². The Morgan fingerprint density at radius 2 is 1.89 bits per heavy atom. The maximum atomic E-state index is 11.7. The average molecular weight is 415 g/mol. The molecule has 0 aromatic carbocycles. The van der Waals surface area contributed by atoms with Gasteiger partial charge in [-0.25, -0.2) is 12.7 Å². The molecule has 2 N–H and O–H groups in total. The van der Waals surface area contributed by atoms with Crippen molar-refractivity contribution in [2.24, 2.45) is 16.3 Å². The zero-order chi connectivity index (χ0) is 20.2. The summed E-state index contributed by atoms with van der Waals surface area (Å²) >= 11 is 0. The first-order valence-corrected chi connectivity index (χ1v) is 12.8. The van der Waals surface area contributed by atoms with Crippen LogP contribution in [0.15, 0.2) is 4.99 Å². The van der Waals surface area contributed by atoms with Crippen LogP contribution < -0.4 is 10.6 Å². The molecule has 0 aromatic rings. The lowest BCUT2D eigenvalue weighted by Crippen LogP contribution is -2.66. The van der Waals surface area contributed by atoms with Gasteiger partial charge in [0.1, 0.15) is 0 Å². The molecule has 1 spiro atoms. The van der Waals surface area contributed by atoms with Crippen LogP contribution in [0.5, 0.6) is 0 Å². The van der Waals surface area contributed by atoms with E-state index >= 15 is 0 Å². The van der Waals surface area contributed by atoms with Crippen molar-refractivity contribution < 1.29 is 13.2 Å². The van der Waals surface area contributed by atoms with E-state index in [0.29, 0.717) is 31.2 Å². The number of aliphatic imine (C=N–C) groups is 1. The maximum absolute atomic E-state index is 11.7. The van der Waals surface area contributed by atoms with Crippen LogP contribution in [0.25, 0.3) is 0 Å². The van der Waals surface area contributed by atoms with Gasteiger partial charge in [-0.2, -0.15) is 0 Å². The van der Waals surface area contributed by atoms with Gasteiger partial charge in [0.15, 0.2) is 5.96 Å². The molecule has 1 heterocycles. The van der Waals surface area contributed by atoms with Gasteiger partial charge < -0.3 is 15.4 Å². The Labute approximate surface area is 170 Å². The third-order valence-electron chi connectivity index (χ3n) is 7.07. The number of hydrogen-bond donors (Lipinski definition) is 2. The van der Waals surface area contributed by atoms with Crippen molar-refractivity contribution in [3.8, 4) is 0 Å². The summed E-state index contributed by atoms with van der Waals surface area (Å²) in [5.74, 6) is 1.35. The molecule has 3 aliphatic rings. The number of ether oxygens (including phenoxy) is 1. The number of guanidine groups is 1. The van der Waals surface area contributed by atoms with Gasteiger partial charge in [-0.05, 0) is 44.9 Å². The normalized spacial score (nSPS) is 29.5. The van der Waals surface area contributed by atoms with Crippen LogP contribution in [0.4, 0.5) is 0 Å². The predicted octanol–water partition coefficient (Wildman–Crippen LogP) is 1.95. The highest BCUT2D eigenvalue weighted by atomic mass is 32.2. The van der Waals surface area contributed by atoms with Gasteiger partial charge in [0.25, 0.3) is 0 Å². The van der Waals surface area contributed by atoms with Crippen molar-refractivity contribution in [3.05, 3.63) is 0 Å². The Hall–Kier alpha value is -0.860. The Morgan fingerprint density at radius 1 is 1.21 bits per heavy atom. The van der Waals surface area contributed by atoms with E-state index in [-0.39, 0.29) is 5.41 Å². The molecule has 2 unspecified atom stereocenters. The van der Waals surface area contributed by atoms with Crippen LogP contribution >= 0.6 is 0 Å². The summed E-state index contributed by atoms with van der Waals surface area (Å²) in [7, 11) is -1.23. The van der Waals surface area contributed by atoms with E-state index < -0.39 is 10.0 Å². The summed E-state index contributed by atoms with van der Waals surface area (Å²) in [5.41, 5.74) is 0.271. The van der Waals surface area contributed by atoms with Gasteiger partial charge >= 0.3 is 0 Å². The van der Waals surface area contributed by atoms with E-state index in [9.17, 15) is 8.42 Å². The molecule has 0 aromatic heterocycles. The Balaban J connectivity index is 1.48. The fraction of sp³-hybridized carbons (Fsp3) is 0.950. The molecule has 1 aliphatic heterocycles. The fourth-order valence-corrected chi connectivity index (χ4v) is 6.19. The van der Waals surface area contributed by atoms with Gasteiger partial charge in [-0.15, -0.1) is 0 Å². The molecule has 7 nitrogen and oxygen atoms in total. The Kier molecular flexibility index (Phi) is 7.26. The van der Waals surface area contributed by atoms with Crippen molar-refractivity contribution in [2.75, 3.05) is 39.5 Å². The molecule has 8 heteroatoms. The van der Waals surface area contributed by atoms with Gasteiger partial charge in [0.2, 0.25) is 10.0 Å². The molecule has 0 amide bonds. The second-order valence-corrected chi connectivity index (χ2v) is 10.7. The van der Waals surface area contributed by atoms with Crippen LogP contribution in [-0.4, -0.2) is 70.4 Å². The molecule has 2 aliphatic carbocycles. The van der Waals surface area contributed by atoms with Crippen molar-refractivity contribution >= 4 is 16.0 Å². The van der Waals surface area contributed by atoms with Crippen LogP contribution in [0.3, 0.4) is 0 Å². The van der Waals surface area contributed by atoms with E-state index in [1.165, 1.54) is 38.4 Å². The zero-order valence-electron chi connectivity index (χ0n) is 17.7. The molecule has 0 bridgehead atoms. The lowest BCUT2D eigenvalue weighted by atomic mass is 9.55. The van der Waals surface area contributed by atoms with E-state index in [1.807, 2.05) is 7.05 Å². The number of nitrogens with zero attached hydrogens (tertiary/aromatic N) is 2. The van der Waals surface area contributed by atoms with Crippen LogP contribution in [0.2, 0.25) is 0 Å². The van der Waals surface area contributed by atoms with Gasteiger partial charge in [0.05, 0.1) is 12.4 Å². The second-order valence-electron chi connectivity index (χ2n) is 8.73. The summed E-state index contributed by atoms with van der Waals surface area (Å²) in [6, 6.07) is 0.433. The lowest BCUT2D eigenvalue weighted by molar-refractivity contribution is -0.145. The molecule has 2 saturated carbocycles. The first kappa shape index (κ1) is 21.8. The predicted molar refractivity (Wildman–Crippen MR) is 113 cm³/mol. The van der Waals surface area contributed by atoms with E-state index in [2.05, 4.69) is 22.5 Å². The standard InChI is InChI=1S/C20H38N4O3S/c1-4-27-18-14-17(20(18)10-6-5-7-11-20)23-19(21-2)22-15-16-8-12-24(13-9-16)28(3,25)26/h16-18H,4-15H2,1-3H3,(H2,21,22,23). The van der Waals surface area contributed by atoms with Crippen LogP contribution in [0.1, 0.15) is 58.3 Å². The van der Waals surface area contributed by atoms with Crippen molar-refractivity contribution in [3.63, 3.8) is 0 Å². The molecular formula is C20H38N4O3S. The van der Waals surface area contributed by atoms with Crippen LogP contribution in [0, 0.1) is 11.3 Å². The highest BCUT2D eigenvalue weighted by molar-refractivity contribution is 7.88.